The van der Waals surface area contributed by atoms with E-state index in [4.69, 9.17) is 4.74 Å². The molecule has 0 aromatic heterocycles. The van der Waals surface area contributed by atoms with Crippen molar-refractivity contribution in [3.05, 3.63) is 65.5 Å². The second-order valence-corrected chi connectivity index (χ2v) is 12.4. The maximum Gasteiger partial charge on any atom is 0.255 e. The second-order valence-electron chi connectivity index (χ2n) is 12.4. The summed E-state index contributed by atoms with van der Waals surface area (Å²) in [7, 11) is 0. The summed E-state index contributed by atoms with van der Waals surface area (Å²) in [5.74, 6) is -2.93. The van der Waals surface area contributed by atoms with Gasteiger partial charge in [-0.25, -0.2) is 4.39 Å². The third-order valence-electron chi connectivity index (χ3n) is 7.64. The first-order valence-electron chi connectivity index (χ1n) is 15.1. The Morgan fingerprint density at radius 3 is 2.29 bits per heavy atom. The van der Waals surface area contributed by atoms with Gasteiger partial charge in [-0.2, -0.15) is 0 Å². The number of rotatable bonds is 5. The molecule has 5 amide bonds. The van der Waals surface area contributed by atoms with Crippen LogP contribution in [0, 0.1) is 11.7 Å². The average molecular weight is 626 g/mol. The van der Waals surface area contributed by atoms with Crippen molar-refractivity contribution in [1.82, 2.24) is 26.6 Å². The molecular weight excluding hydrogens is 581 g/mol. The van der Waals surface area contributed by atoms with Crippen LogP contribution in [0.2, 0.25) is 0 Å². The maximum atomic E-state index is 13.5. The van der Waals surface area contributed by atoms with E-state index in [0.717, 1.165) is 5.56 Å². The van der Waals surface area contributed by atoms with Crippen molar-refractivity contribution in [3.8, 4) is 5.75 Å². The van der Waals surface area contributed by atoms with E-state index in [1.54, 1.807) is 57.2 Å². The summed E-state index contributed by atoms with van der Waals surface area (Å²) < 4.78 is 19.4. The Balaban J connectivity index is 1.86. The molecule has 0 saturated carbocycles. The van der Waals surface area contributed by atoms with Gasteiger partial charge in [0.25, 0.3) is 5.91 Å². The number of nitrogens with one attached hydrogen (secondary N) is 5. The number of carbonyl (C=O) groups is 5. The number of hydrogen-bond donors (Lipinski definition) is 5. The summed E-state index contributed by atoms with van der Waals surface area (Å²) in [4.78, 5) is 65.7. The van der Waals surface area contributed by atoms with Crippen LogP contribution >= 0.6 is 0 Å². The maximum absolute atomic E-state index is 13.5. The Morgan fingerprint density at radius 1 is 0.956 bits per heavy atom. The van der Waals surface area contributed by atoms with Gasteiger partial charge in [0.1, 0.15) is 36.3 Å². The first kappa shape index (κ1) is 35.0. The molecule has 0 aliphatic carbocycles. The fraction of sp³-hybridized carbons (Fsp3) is 0.485. The van der Waals surface area contributed by atoms with Gasteiger partial charge in [-0.15, -0.1) is 0 Å². The molecule has 0 spiro atoms. The molecule has 5 N–H and O–H groups in total. The van der Waals surface area contributed by atoms with Gasteiger partial charge in [0.2, 0.25) is 23.6 Å². The lowest BCUT2D eigenvalue weighted by atomic mass is 9.84. The van der Waals surface area contributed by atoms with E-state index in [1.165, 1.54) is 19.1 Å². The molecule has 0 fully saturated rings. The minimum absolute atomic E-state index is 0.0314. The number of fused-ring (bicyclic) bond motifs is 1. The Labute approximate surface area is 263 Å². The van der Waals surface area contributed by atoms with Gasteiger partial charge in [-0.3, -0.25) is 24.0 Å². The quantitative estimate of drug-likeness (QED) is 0.344. The van der Waals surface area contributed by atoms with E-state index in [1.807, 2.05) is 13.8 Å². The van der Waals surface area contributed by atoms with Crippen molar-refractivity contribution in [1.29, 1.82) is 0 Å². The van der Waals surface area contributed by atoms with E-state index in [0.29, 0.717) is 0 Å². The third-order valence-corrected chi connectivity index (χ3v) is 7.64. The smallest absolute Gasteiger partial charge is 0.255 e. The number of carbonyl (C=O) groups excluding carboxylic acids is 5. The van der Waals surface area contributed by atoms with Crippen molar-refractivity contribution in [2.24, 2.45) is 5.92 Å². The van der Waals surface area contributed by atoms with Gasteiger partial charge in [0, 0.05) is 18.4 Å². The number of para-hydroxylation sites is 1. The van der Waals surface area contributed by atoms with Gasteiger partial charge in [0.15, 0.2) is 0 Å². The number of benzene rings is 2. The molecule has 4 atom stereocenters. The molecule has 1 aliphatic heterocycles. The molecule has 12 heteroatoms. The first-order valence-corrected chi connectivity index (χ1v) is 15.1. The second kappa shape index (κ2) is 15.5. The standard InChI is InChI=1S/C33H44FN5O6/c1-19(2)28-32(44)36-20(3)17-45-26-10-8-7-9-24(26)30(42)38-25(15-16-27(40)37-21(4)29(41)39-28)31(43)35-18-33(5,6)22-11-13-23(34)14-12-22/h7-14,19-21,25,28H,15-18H2,1-6H3,(H,35,43)(H,36,44)(H,37,40)(H,38,42)(H,39,41)/t20-,21-,25-,28+/m0/s1. The molecule has 45 heavy (non-hydrogen) atoms. The minimum atomic E-state index is -1.10. The summed E-state index contributed by atoms with van der Waals surface area (Å²) in [6, 6.07) is 9.10. The zero-order chi connectivity index (χ0) is 33.3. The van der Waals surface area contributed by atoms with E-state index in [2.05, 4.69) is 26.6 Å². The van der Waals surface area contributed by atoms with Crippen LogP contribution in [0.1, 0.15) is 70.3 Å². The van der Waals surface area contributed by atoms with Crippen LogP contribution in [0.4, 0.5) is 4.39 Å². The first-order chi connectivity index (χ1) is 21.2. The summed E-state index contributed by atoms with van der Waals surface area (Å²) in [5.41, 5.74) is 0.413. The number of hydrogen-bond acceptors (Lipinski definition) is 6. The van der Waals surface area contributed by atoms with E-state index >= 15 is 0 Å². The van der Waals surface area contributed by atoms with Crippen LogP contribution in [0.15, 0.2) is 48.5 Å². The summed E-state index contributed by atoms with van der Waals surface area (Å²) in [5, 5.41) is 13.7. The highest BCUT2D eigenvalue weighted by Crippen LogP contribution is 2.23. The summed E-state index contributed by atoms with van der Waals surface area (Å²) in [6.07, 6.45) is -0.243. The Morgan fingerprint density at radius 2 is 1.62 bits per heavy atom. The predicted octanol–water partition coefficient (Wildman–Crippen LogP) is 2.34. The van der Waals surface area contributed by atoms with Crippen LogP contribution in [0.5, 0.6) is 5.75 Å². The highest BCUT2D eigenvalue weighted by molar-refractivity contribution is 6.00. The van der Waals surface area contributed by atoms with E-state index < -0.39 is 59.1 Å². The van der Waals surface area contributed by atoms with Crippen LogP contribution in [-0.2, 0) is 24.6 Å². The minimum Gasteiger partial charge on any atom is -0.491 e. The molecule has 11 nitrogen and oxygen atoms in total. The fourth-order valence-electron chi connectivity index (χ4n) is 4.78. The van der Waals surface area contributed by atoms with Crippen molar-refractivity contribution >= 4 is 29.5 Å². The van der Waals surface area contributed by atoms with Gasteiger partial charge in [-0.1, -0.05) is 52.0 Å². The normalized spacial score (nSPS) is 22.4. The molecule has 1 heterocycles. The number of amides is 5. The fourth-order valence-corrected chi connectivity index (χ4v) is 4.78. The van der Waals surface area contributed by atoms with Crippen molar-refractivity contribution < 1.29 is 33.1 Å². The van der Waals surface area contributed by atoms with Gasteiger partial charge in [-0.05, 0) is 56.0 Å². The average Bonchev–Trinajstić information content (AvgIpc) is 2.99. The molecule has 2 aromatic rings. The molecule has 0 radical (unpaired) electrons. The van der Waals surface area contributed by atoms with Crippen LogP contribution < -0.4 is 31.3 Å². The Hall–Kier alpha value is -4.48. The Kier molecular flexibility index (Phi) is 12.1. The predicted molar refractivity (Wildman–Crippen MR) is 167 cm³/mol. The van der Waals surface area contributed by atoms with Crippen LogP contribution in [-0.4, -0.2) is 66.9 Å². The highest BCUT2D eigenvalue weighted by atomic mass is 19.1. The topological polar surface area (TPSA) is 155 Å². The Bertz CT molecular complexity index is 1380. The molecule has 1 aliphatic rings. The summed E-state index contributed by atoms with van der Waals surface area (Å²) >= 11 is 0. The third kappa shape index (κ3) is 10.0. The van der Waals surface area contributed by atoms with E-state index in [9.17, 15) is 28.4 Å². The van der Waals surface area contributed by atoms with Gasteiger partial charge in [0.05, 0.1) is 11.6 Å². The van der Waals surface area contributed by atoms with E-state index in [-0.39, 0.29) is 49.0 Å². The molecule has 2 aromatic carbocycles. The lowest BCUT2D eigenvalue weighted by Gasteiger charge is -2.28. The largest absolute Gasteiger partial charge is 0.491 e. The highest BCUT2D eigenvalue weighted by Gasteiger charge is 2.30. The SMILES string of the molecule is CC(C)[C@H]1NC(=O)[C@H](C)NC(=O)CC[C@@H](C(=O)NCC(C)(C)c2ccc(F)cc2)NC(=O)c2ccccc2OC[C@H](C)NC1=O. The van der Waals surface area contributed by atoms with Crippen LogP contribution in [0.3, 0.4) is 0 Å². The number of halogens is 1. The van der Waals surface area contributed by atoms with Crippen molar-refractivity contribution in [2.75, 3.05) is 13.2 Å². The zero-order valence-corrected chi connectivity index (χ0v) is 26.7. The van der Waals surface area contributed by atoms with Gasteiger partial charge < -0.3 is 31.3 Å². The van der Waals surface area contributed by atoms with Crippen molar-refractivity contribution in [2.45, 2.75) is 84.0 Å². The molecule has 0 bridgehead atoms. The van der Waals surface area contributed by atoms with Gasteiger partial charge >= 0.3 is 0 Å². The molecule has 3 rings (SSSR count). The molecule has 244 valence electrons. The zero-order valence-electron chi connectivity index (χ0n) is 26.7. The number of ether oxygens (including phenoxy) is 1. The molecule has 0 saturated heterocycles. The summed E-state index contributed by atoms with van der Waals surface area (Å²) in [6.45, 7) is 10.8. The lowest BCUT2D eigenvalue weighted by molar-refractivity contribution is -0.132. The van der Waals surface area contributed by atoms with Crippen LogP contribution in [0.25, 0.3) is 0 Å². The lowest BCUT2D eigenvalue weighted by Crippen LogP contribution is -2.56. The monoisotopic (exact) mass is 625 g/mol. The molecular formula is C33H44FN5O6. The van der Waals surface area contributed by atoms with Crippen molar-refractivity contribution in [3.63, 3.8) is 0 Å². The molecule has 0 unspecified atom stereocenters.